The molecule has 1 aromatic heterocycles. The van der Waals surface area contributed by atoms with Crippen molar-refractivity contribution < 1.29 is 47.7 Å². The fourth-order valence-electron chi connectivity index (χ4n) is 4.60. The monoisotopic (exact) mass is 686 g/mol. The topological polar surface area (TPSA) is 156 Å². The van der Waals surface area contributed by atoms with E-state index in [4.69, 9.17) is 46.9 Å². The van der Waals surface area contributed by atoms with E-state index >= 15 is 0 Å². The minimum atomic E-state index is -1.52. The van der Waals surface area contributed by atoms with Crippen LogP contribution in [0.4, 0.5) is 0 Å². The zero-order valence-corrected chi connectivity index (χ0v) is 27.4. The molecule has 4 atom stereocenters. The van der Waals surface area contributed by atoms with Gasteiger partial charge in [0.15, 0.2) is 23.6 Å². The number of hydrogen-bond donors (Lipinski definition) is 1. The summed E-state index contributed by atoms with van der Waals surface area (Å²) in [5.41, 5.74) is 0.361. The van der Waals surface area contributed by atoms with Gasteiger partial charge >= 0.3 is 23.9 Å². The van der Waals surface area contributed by atoms with Gasteiger partial charge in [-0.05, 0) is 37.1 Å². The summed E-state index contributed by atoms with van der Waals surface area (Å²) in [4.78, 5) is 70.0. The molecule has 1 amide bonds. The Labute approximate surface area is 280 Å². The Kier molecular flexibility index (Phi) is 11.8. The molecule has 0 saturated carbocycles. The number of carbonyl (C=O) groups excluding carboxylic acids is 5. The summed E-state index contributed by atoms with van der Waals surface area (Å²) in [6.07, 6.45) is -0.948. The molecule has 2 aromatic carbocycles. The molecule has 0 radical (unpaired) electrons. The third kappa shape index (κ3) is 8.78. The molecule has 2 heterocycles. The maximum absolute atomic E-state index is 13.5. The molecule has 1 aliphatic rings. The van der Waals surface area contributed by atoms with Crippen LogP contribution in [0.2, 0.25) is 10.0 Å². The number of nitrogens with one attached hydrogen (secondary N) is 1. The van der Waals surface area contributed by atoms with Crippen LogP contribution in [-0.2, 0) is 35.0 Å². The van der Waals surface area contributed by atoms with Crippen LogP contribution in [0.3, 0.4) is 0 Å². The lowest BCUT2D eigenvalue weighted by molar-refractivity contribution is -0.176. The minimum absolute atomic E-state index is 0.0192. The maximum Gasteiger partial charge on any atom is 0.343 e. The Bertz CT molecular complexity index is 1650. The molecule has 0 unspecified atom stereocenters. The van der Waals surface area contributed by atoms with Crippen molar-refractivity contribution in [2.75, 3.05) is 13.7 Å². The third-order valence-corrected chi connectivity index (χ3v) is 7.86. The van der Waals surface area contributed by atoms with Gasteiger partial charge in [0.25, 0.3) is 5.91 Å². The van der Waals surface area contributed by atoms with E-state index in [9.17, 15) is 24.0 Å². The molecule has 248 valence electrons. The average Bonchev–Trinajstić information content (AvgIpc) is 3.08. The lowest BCUT2D eigenvalue weighted by atomic mass is 9.91. The van der Waals surface area contributed by atoms with Crippen molar-refractivity contribution in [1.29, 1.82) is 0 Å². The van der Waals surface area contributed by atoms with Crippen molar-refractivity contribution in [2.45, 2.75) is 45.4 Å². The predicted octanol–water partition coefficient (Wildman–Crippen LogP) is 4.63. The fraction of sp³-hybridized carbons (Fsp3) is 0.333. The van der Waals surface area contributed by atoms with E-state index in [0.29, 0.717) is 0 Å². The number of ether oxygens (including phenoxy) is 5. The van der Waals surface area contributed by atoms with Crippen molar-refractivity contribution in [1.82, 2.24) is 10.3 Å². The van der Waals surface area contributed by atoms with Gasteiger partial charge in [-0.25, -0.2) is 14.6 Å². The van der Waals surface area contributed by atoms with Crippen LogP contribution in [0.5, 0.6) is 11.5 Å². The van der Waals surface area contributed by atoms with Gasteiger partial charge < -0.3 is 29.0 Å². The first-order chi connectivity index (χ1) is 22.4. The number of halogens is 2. The van der Waals surface area contributed by atoms with Crippen molar-refractivity contribution in [3.8, 4) is 11.5 Å². The second kappa shape index (κ2) is 15.7. The molecule has 0 bridgehead atoms. The molecule has 14 heteroatoms. The van der Waals surface area contributed by atoms with Gasteiger partial charge in [0.1, 0.15) is 18.6 Å². The summed E-state index contributed by atoms with van der Waals surface area (Å²) < 4.78 is 27.6. The highest BCUT2D eigenvalue weighted by atomic mass is 35.5. The zero-order valence-electron chi connectivity index (χ0n) is 25.9. The number of methoxy groups -OCH3 is 1. The number of nitrogens with zero attached hydrogens (tertiary/aromatic N) is 1. The van der Waals surface area contributed by atoms with E-state index in [0.717, 1.165) is 5.56 Å². The number of carbonyl (C=O) groups is 5. The number of rotatable bonds is 9. The molecule has 1 aliphatic heterocycles. The lowest BCUT2D eigenvalue weighted by Gasteiger charge is -2.29. The summed E-state index contributed by atoms with van der Waals surface area (Å²) >= 11 is 12.0. The molecule has 1 N–H and O–H groups in total. The fourth-order valence-corrected chi connectivity index (χ4v) is 4.90. The van der Waals surface area contributed by atoms with Crippen LogP contribution >= 0.6 is 23.2 Å². The van der Waals surface area contributed by atoms with E-state index in [-0.39, 0.29) is 33.5 Å². The SMILES string of the molecule is COc1ccnc(C(=O)N[C@H]2COC(=O)[C@H](Cc3ccccc3)[C@@H](OC(=O)C(C)C)[C@H](C)OC2=O)c1OC(=O)c1ccc(Cl)c(Cl)c1. The van der Waals surface area contributed by atoms with E-state index in [1.807, 2.05) is 6.07 Å². The normalized spacial score (nSPS) is 19.7. The quantitative estimate of drug-likeness (QED) is 0.247. The van der Waals surface area contributed by atoms with E-state index < -0.39 is 72.2 Å². The minimum Gasteiger partial charge on any atom is -0.493 e. The Balaban J connectivity index is 1.60. The van der Waals surface area contributed by atoms with E-state index in [1.165, 1.54) is 44.5 Å². The van der Waals surface area contributed by atoms with Gasteiger partial charge in [-0.1, -0.05) is 67.4 Å². The molecule has 47 heavy (non-hydrogen) atoms. The van der Waals surface area contributed by atoms with E-state index in [1.54, 1.807) is 38.1 Å². The summed E-state index contributed by atoms with van der Waals surface area (Å²) in [5.74, 6) is -6.15. The van der Waals surface area contributed by atoms with Gasteiger partial charge in [-0.3, -0.25) is 14.4 Å². The number of cyclic esters (lactones) is 2. The standard InChI is InChI=1S/C33H32Cl2N2O10/c1-17(2)30(39)46-27-18(3)45-33(42)24(16-44-32(41)21(27)14-19-8-6-5-7-9-19)37-29(38)26-28(25(43-4)12-13-36-26)47-31(40)20-10-11-22(34)23(35)15-20/h5-13,15,17-18,21,24,27H,14,16H2,1-4H3,(H,37,38)/t18-,21+,24-,27-/m0/s1. The number of hydrogen-bond acceptors (Lipinski definition) is 11. The number of esters is 4. The average molecular weight is 688 g/mol. The summed E-state index contributed by atoms with van der Waals surface area (Å²) in [6.45, 7) is 4.13. The second-order valence-electron chi connectivity index (χ2n) is 10.9. The molecule has 0 spiro atoms. The van der Waals surface area contributed by atoms with Crippen molar-refractivity contribution in [3.05, 3.63) is 87.7 Å². The number of benzene rings is 2. The number of pyridine rings is 1. The Hall–Kier alpha value is -4.68. The third-order valence-electron chi connectivity index (χ3n) is 7.12. The molecular weight excluding hydrogens is 655 g/mol. The van der Waals surface area contributed by atoms with Gasteiger partial charge in [0.05, 0.1) is 28.6 Å². The first-order valence-electron chi connectivity index (χ1n) is 14.5. The van der Waals surface area contributed by atoms with Crippen LogP contribution in [-0.4, -0.2) is 66.7 Å². The van der Waals surface area contributed by atoms with Gasteiger partial charge in [0.2, 0.25) is 5.75 Å². The highest BCUT2D eigenvalue weighted by Crippen LogP contribution is 2.32. The largest absolute Gasteiger partial charge is 0.493 e. The van der Waals surface area contributed by atoms with Gasteiger partial charge in [0, 0.05) is 12.3 Å². The Morgan fingerprint density at radius 2 is 1.74 bits per heavy atom. The summed E-state index contributed by atoms with van der Waals surface area (Å²) in [7, 11) is 1.29. The van der Waals surface area contributed by atoms with Crippen LogP contribution in [0.1, 0.15) is 47.2 Å². The number of aromatic nitrogens is 1. The lowest BCUT2D eigenvalue weighted by Crippen LogP contribution is -2.47. The van der Waals surface area contributed by atoms with Gasteiger partial charge in [-0.2, -0.15) is 0 Å². The van der Waals surface area contributed by atoms with Crippen LogP contribution < -0.4 is 14.8 Å². The highest BCUT2D eigenvalue weighted by Gasteiger charge is 2.42. The van der Waals surface area contributed by atoms with Crippen LogP contribution in [0.25, 0.3) is 0 Å². The first-order valence-corrected chi connectivity index (χ1v) is 15.3. The maximum atomic E-state index is 13.5. The molecule has 4 rings (SSSR count). The molecule has 12 nitrogen and oxygen atoms in total. The molecule has 3 aromatic rings. The Morgan fingerprint density at radius 3 is 2.40 bits per heavy atom. The van der Waals surface area contributed by atoms with Crippen molar-refractivity contribution in [3.63, 3.8) is 0 Å². The number of amides is 1. The Morgan fingerprint density at radius 1 is 1.02 bits per heavy atom. The molecule has 1 saturated heterocycles. The molecule has 0 aliphatic carbocycles. The van der Waals surface area contributed by atoms with Crippen molar-refractivity contribution in [2.24, 2.45) is 11.8 Å². The zero-order chi connectivity index (χ0) is 34.2. The molecule has 1 fully saturated rings. The summed E-state index contributed by atoms with van der Waals surface area (Å²) in [6, 6.07) is 12.9. The van der Waals surface area contributed by atoms with Gasteiger partial charge in [-0.15, -0.1) is 0 Å². The molecular formula is C33H32Cl2N2O10. The van der Waals surface area contributed by atoms with Crippen LogP contribution in [0.15, 0.2) is 60.8 Å². The second-order valence-corrected chi connectivity index (χ2v) is 11.7. The summed E-state index contributed by atoms with van der Waals surface area (Å²) in [5, 5.41) is 2.76. The first kappa shape index (κ1) is 35.2. The van der Waals surface area contributed by atoms with Crippen molar-refractivity contribution >= 4 is 53.0 Å². The smallest absolute Gasteiger partial charge is 0.343 e. The predicted molar refractivity (Wildman–Crippen MR) is 168 cm³/mol. The van der Waals surface area contributed by atoms with Crippen LogP contribution in [0, 0.1) is 11.8 Å². The highest BCUT2D eigenvalue weighted by molar-refractivity contribution is 6.42. The van der Waals surface area contributed by atoms with E-state index in [2.05, 4.69) is 10.3 Å².